The zero-order valence-corrected chi connectivity index (χ0v) is 22.0. The molecule has 4 rings (SSSR count). The zero-order chi connectivity index (χ0) is 24.2. The number of carbonyl (C=O) groups excluding carboxylic acids is 3. The third kappa shape index (κ3) is 5.65. The smallest absolute Gasteiger partial charge is 0.543 e. The first-order valence-electron chi connectivity index (χ1n) is 9.79. The molecule has 0 radical (unpaired) electrons. The van der Waals surface area contributed by atoms with E-state index in [0.29, 0.717) is 5.57 Å². The van der Waals surface area contributed by atoms with Crippen LogP contribution in [0.2, 0.25) is 0 Å². The zero-order valence-electron chi connectivity index (χ0n) is 18.3. The summed E-state index contributed by atoms with van der Waals surface area (Å²) in [6.07, 6.45) is 10.2. The predicted octanol–water partition coefficient (Wildman–Crippen LogP) is -3.02. The maximum absolute atomic E-state index is 12.8. The van der Waals surface area contributed by atoms with Crippen LogP contribution in [0.5, 0.6) is 0 Å². The number of anilines is 1. The Kier molecular flexibility index (Phi) is 8.86. The number of carboxylic acid groups (broad SMARTS) is 1. The van der Waals surface area contributed by atoms with Gasteiger partial charge >= 0.3 is 29.6 Å². The van der Waals surface area contributed by atoms with Crippen LogP contribution in [0.15, 0.2) is 64.6 Å². The molecule has 4 N–H and O–H groups in total. The van der Waals surface area contributed by atoms with Crippen molar-refractivity contribution in [3.8, 4) is 0 Å². The van der Waals surface area contributed by atoms with Gasteiger partial charge in [0.15, 0.2) is 10.8 Å². The molecule has 0 unspecified atom stereocenters. The average molecular weight is 521 g/mol. The van der Waals surface area contributed by atoms with Crippen molar-refractivity contribution in [2.24, 2.45) is 5.16 Å². The Balaban J connectivity index is 0.00000342. The number of amides is 2. The van der Waals surface area contributed by atoms with E-state index in [1.54, 1.807) is 30.6 Å². The number of rotatable bonds is 7. The van der Waals surface area contributed by atoms with Crippen molar-refractivity contribution in [2.75, 3.05) is 11.5 Å². The molecule has 0 aliphatic carbocycles. The van der Waals surface area contributed by atoms with E-state index >= 15 is 0 Å². The van der Waals surface area contributed by atoms with Gasteiger partial charge in [0.1, 0.15) is 17.1 Å². The Labute approximate surface area is 229 Å². The third-order valence-electron chi connectivity index (χ3n) is 4.96. The summed E-state index contributed by atoms with van der Waals surface area (Å²) in [5.41, 5.74) is 6.30. The van der Waals surface area contributed by atoms with Crippen molar-refractivity contribution < 1.29 is 54.3 Å². The van der Waals surface area contributed by atoms with Crippen LogP contribution in [0.25, 0.3) is 6.08 Å². The van der Waals surface area contributed by atoms with Gasteiger partial charge in [-0.15, -0.1) is 23.1 Å². The van der Waals surface area contributed by atoms with Crippen LogP contribution < -0.4 is 45.7 Å². The van der Waals surface area contributed by atoms with E-state index in [4.69, 9.17) is 5.73 Å². The van der Waals surface area contributed by atoms with E-state index in [1.807, 2.05) is 18.2 Å². The van der Waals surface area contributed by atoms with Gasteiger partial charge in [-0.2, -0.15) is 0 Å². The van der Waals surface area contributed by atoms with Crippen LogP contribution in [0.3, 0.4) is 0 Å². The molecule has 2 aromatic rings. The number of hydrogen-bond donors (Lipinski definition) is 3. The first kappa shape index (κ1) is 26.6. The second-order valence-electron chi connectivity index (χ2n) is 7.04. The minimum absolute atomic E-state index is 0. The Hall–Kier alpha value is -2.97. The number of thiazole rings is 1. The number of nitrogens with zero attached hydrogens (tertiary/aromatic N) is 4. The molecule has 35 heavy (non-hydrogen) atoms. The summed E-state index contributed by atoms with van der Waals surface area (Å²) in [4.78, 5) is 46.1. The average Bonchev–Trinajstić information content (AvgIpc) is 3.26. The van der Waals surface area contributed by atoms with Crippen molar-refractivity contribution in [3.05, 3.63) is 70.7 Å². The number of nitrogen functional groups attached to an aromatic ring is 1. The number of aromatic nitrogens is 2. The van der Waals surface area contributed by atoms with Gasteiger partial charge in [-0.05, 0) is 23.3 Å². The largest absolute Gasteiger partial charge is 1.00 e. The van der Waals surface area contributed by atoms with Gasteiger partial charge in [-0.25, -0.2) is 4.98 Å². The summed E-state index contributed by atoms with van der Waals surface area (Å²) in [6, 6.07) is 2.64. The number of oxime groups is 1. The predicted molar refractivity (Wildman–Crippen MR) is 124 cm³/mol. The Bertz CT molecular complexity index is 1260. The number of thioether (sulfide) groups is 1. The van der Waals surface area contributed by atoms with Crippen molar-refractivity contribution >= 4 is 57.8 Å². The van der Waals surface area contributed by atoms with E-state index in [1.165, 1.54) is 17.1 Å². The van der Waals surface area contributed by atoms with Crippen molar-refractivity contribution in [1.82, 2.24) is 20.2 Å². The number of fused-ring (bicyclic) bond motifs is 1. The summed E-state index contributed by atoms with van der Waals surface area (Å²) >= 11 is 2.35. The molecule has 2 amide bonds. The van der Waals surface area contributed by atoms with Crippen molar-refractivity contribution in [2.45, 2.75) is 11.4 Å². The van der Waals surface area contributed by atoms with Gasteiger partial charge in [-0.1, -0.05) is 29.5 Å². The standard InChI is InChI=1S/C21H18N6O5S2.Na/c22-21-24-13(10-34-21)14(26-32)17(28)25-15-18(29)27-16(20(30)31)12(9-33-19(15)27)4-2-1-3-11-5-7-23-8-6-11;/h1-8,10,15,19,32H,9H2,(H2,22,24)(H,25,28)(H,30,31);/q;+1/p-1/b3-1+,4-2+,26-14-;/t15-,19-;/m1./s1. The molecule has 11 nitrogen and oxygen atoms in total. The van der Waals surface area contributed by atoms with Crippen LogP contribution in [-0.4, -0.2) is 60.7 Å². The number of nitrogens with one attached hydrogen (secondary N) is 1. The van der Waals surface area contributed by atoms with Crippen LogP contribution in [-0.2, 0) is 14.4 Å². The Morgan fingerprint density at radius 1 is 1.29 bits per heavy atom. The fraction of sp³-hybridized carbons (Fsp3) is 0.143. The molecule has 2 aliphatic heterocycles. The van der Waals surface area contributed by atoms with Crippen LogP contribution in [0.1, 0.15) is 11.3 Å². The van der Waals surface area contributed by atoms with E-state index in [2.05, 4.69) is 20.4 Å². The summed E-state index contributed by atoms with van der Waals surface area (Å²) in [7, 11) is 0. The van der Waals surface area contributed by atoms with Gasteiger partial charge in [0, 0.05) is 23.5 Å². The van der Waals surface area contributed by atoms with Crippen LogP contribution in [0, 0.1) is 0 Å². The molecule has 0 aromatic carbocycles. The maximum atomic E-state index is 12.8. The molecule has 2 atom stereocenters. The number of allylic oxidation sites excluding steroid dienone is 3. The number of hydrogen-bond acceptors (Lipinski definition) is 11. The second kappa shape index (κ2) is 11.6. The van der Waals surface area contributed by atoms with Gasteiger partial charge < -0.3 is 26.2 Å². The quantitative estimate of drug-likeness (QED) is 0.0857. The maximum Gasteiger partial charge on any atom is 1.00 e. The van der Waals surface area contributed by atoms with E-state index in [0.717, 1.165) is 21.8 Å². The summed E-state index contributed by atoms with van der Waals surface area (Å²) in [5.74, 6) is -2.65. The minimum atomic E-state index is -1.49. The third-order valence-corrected chi connectivity index (χ3v) is 6.94. The molecule has 0 saturated carbocycles. The van der Waals surface area contributed by atoms with Gasteiger partial charge in [0.05, 0.1) is 11.7 Å². The van der Waals surface area contributed by atoms with Crippen LogP contribution >= 0.6 is 23.1 Å². The molecule has 174 valence electrons. The van der Waals surface area contributed by atoms with Gasteiger partial charge in [0.25, 0.3) is 11.8 Å². The molecule has 14 heteroatoms. The van der Waals surface area contributed by atoms with E-state index < -0.39 is 34.9 Å². The first-order valence-corrected chi connectivity index (χ1v) is 11.7. The first-order chi connectivity index (χ1) is 16.4. The number of carboxylic acids is 1. The van der Waals surface area contributed by atoms with Crippen LogP contribution in [0.4, 0.5) is 5.13 Å². The molecule has 1 saturated heterocycles. The molecule has 0 spiro atoms. The molecule has 0 bridgehead atoms. The number of β-lactam (4-membered cyclic amide) rings is 1. The molecule has 1 fully saturated rings. The summed E-state index contributed by atoms with van der Waals surface area (Å²) in [5, 5.41) is 27.5. The molecular formula is C21H17N6NaO5S2. The number of nitrogens with two attached hydrogens (primary N) is 1. The normalized spacial score (nSPS) is 19.9. The SMILES string of the molecule is Nc1nc(/C(=N/O)C(=O)N[C@@H]2C(=O)N3C(C(=O)[O-])=C(/C=C/C=C/c4ccncc4)CS[C@H]23)cs1.[Na+]. The van der Waals surface area contributed by atoms with E-state index in [9.17, 15) is 24.7 Å². The van der Waals surface area contributed by atoms with Gasteiger partial charge in [-0.3, -0.25) is 19.5 Å². The number of aliphatic carboxylic acids is 1. The number of pyridine rings is 1. The summed E-state index contributed by atoms with van der Waals surface area (Å²) in [6.45, 7) is 0. The Morgan fingerprint density at radius 2 is 2.00 bits per heavy atom. The van der Waals surface area contributed by atoms with E-state index in [-0.39, 0.29) is 51.8 Å². The molecule has 2 aliphatic rings. The molecule has 2 aromatic heterocycles. The topological polar surface area (TPSA) is 174 Å². The van der Waals surface area contributed by atoms with Crippen molar-refractivity contribution in [3.63, 3.8) is 0 Å². The number of carbonyl (C=O) groups is 3. The Morgan fingerprint density at radius 3 is 2.63 bits per heavy atom. The van der Waals surface area contributed by atoms with Crippen molar-refractivity contribution in [1.29, 1.82) is 0 Å². The fourth-order valence-corrected chi connectivity index (χ4v) is 5.26. The second-order valence-corrected chi connectivity index (χ2v) is 9.04. The fourth-order valence-electron chi connectivity index (χ4n) is 3.39. The monoisotopic (exact) mass is 520 g/mol. The molecular weight excluding hydrogens is 503 g/mol. The molecule has 4 heterocycles. The van der Waals surface area contributed by atoms with Gasteiger partial charge in [0.2, 0.25) is 0 Å². The summed E-state index contributed by atoms with van der Waals surface area (Å²) < 4.78 is 0. The minimum Gasteiger partial charge on any atom is -0.543 e.